The molecule has 0 aliphatic rings. The van der Waals surface area contributed by atoms with Crippen molar-refractivity contribution in [3.05, 3.63) is 24.3 Å². The highest BCUT2D eigenvalue weighted by molar-refractivity contribution is 7.90. The minimum atomic E-state index is -3.23. The van der Waals surface area contributed by atoms with Crippen molar-refractivity contribution in [2.75, 3.05) is 12.9 Å². The summed E-state index contributed by atoms with van der Waals surface area (Å²) in [4.78, 5) is 0.227. The summed E-state index contributed by atoms with van der Waals surface area (Å²) in [7, 11) is -3.23. The van der Waals surface area contributed by atoms with Crippen LogP contribution in [0.3, 0.4) is 0 Å². The van der Waals surface area contributed by atoms with E-state index in [4.69, 9.17) is 15.7 Å². The molecule has 0 saturated heterocycles. The van der Waals surface area contributed by atoms with Gasteiger partial charge in [0.2, 0.25) is 0 Å². The Bertz CT molecular complexity index is 574. The Morgan fingerprint density at radius 2 is 2.16 bits per heavy atom. The van der Waals surface area contributed by atoms with Crippen LogP contribution in [0.15, 0.2) is 29.2 Å². The molecule has 2 N–H and O–H groups in total. The van der Waals surface area contributed by atoms with Crippen LogP contribution in [0.5, 0.6) is 5.75 Å². The standard InChI is InChI=1S/C13H18N2O3S/c1-13(15,10-14)7-4-8-18-11-5-3-6-12(9-11)19(2,16)17/h3,5-6,9H,4,7-8,15H2,1-2H3. The summed E-state index contributed by atoms with van der Waals surface area (Å²) in [5, 5.41) is 8.75. The van der Waals surface area contributed by atoms with Gasteiger partial charge in [0.05, 0.1) is 17.6 Å². The first-order valence-electron chi connectivity index (χ1n) is 5.88. The van der Waals surface area contributed by atoms with Crippen LogP contribution in [-0.4, -0.2) is 26.8 Å². The fraction of sp³-hybridized carbons (Fsp3) is 0.462. The van der Waals surface area contributed by atoms with Gasteiger partial charge in [-0.25, -0.2) is 8.42 Å². The predicted molar refractivity (Wildman–Crippen MR) is 72.5 cm³/mol. The molecule has 0 aliphatic heterocycles. The predicted octanol–water partition coefficient (Wildman–Crippen LogP) is 1.49. The van der Waals surface area contributed by atoms with Gasteiger partial charge in [0, 0.05) is 6.26 Å². The Hall–Kier alpha value is -1.58. The van der Waals surface area contributed by atoms with E-state index in [-0.39, 0.29) is 4.90 Å². The van der Waals surface area contributed by atoms with Crippen molar-refractivity contribution in [2.45, 2.75) is 30.2 Å². The molecule has 1 unspecified atom stereocenters. The van der Waals surface area contributed by atoms with Gasteiger partial charge in [0.25, 0.3) is 0 Å². The van der Waals surface area contributed by atoms with Gasteiger partial charge in [0.15, 0.2) is 9.84 Å². The summed E-state index contributed by atoms with van der Waals surface area (Å²) in [6.45, 7) is 2.05. The van der Waals surface area contributed by atoms with E-state index >= 15 is 0 Å². The summed E-state index contributed by atoms with van der Waals surface area (Å²) < 4.78 is 28.2. The maximum atomic E-state index is 11.4. The number of benzene rings is 1. The number of hydrogen-bond acceptors (Lipinski definition) is 5. The Balaban J connectivity index is 2.54. The summed E-state index contributed by atoms with van der Waals surface area (Å²) in [6, 6.07) is 8.35. The van der Waals surface area contributed by atoms with Crippen LogP contribution in [-0.2, 0) is 9.84 Å². The monoisotopic (exact) mass is 282 g/mol. The van der Waals surface area contributed by atoms with Crippen LogP contribution in [0, 0.1) is 11.3 Å². The van der Waals surface area contributed by atoms with Crippen molar-refractivity contribution in [3.63, 3.8) is 0 Å². The average Bonchev–Trinajstić information content (AvgIpc) is 2.34. The summed E-state index contributed by atoms with van der Waals surface area (Å²) in [5.74, 6) is 0.499. The Kier molecular flexibility index (Phi) is 4.92. The second kappa shape index (κ2) is 6.04. The van der Waals surface area contributed by atoms with Crippen LogP contribution in [0.25, 0.3) is 0 Å². The molecule has 0 spiro atoms. The van der Waals surface area contributed by atoms with Gasteiger partial charge in [-0.2, -0.15) is 5.26 Å². The van der Waals surface area contributed by atoms with Crippen LogP contribution < -0.4 is 10.5 Å². The van der Waals surface area contributed by atoms with Gasteiger partial charge in [-0.3, -0.25) is 0 Å². The lowest BCUT2D eigenvalue weighted by Crippen LogP contribution is -2.34. The molecule has 0 bridgehead atoms. The van der Waals surface area contributed by atoms with E-state index in [0.717, 1.165) is 6.26 Å². The SMILES string of the molecule is CC(N)(C#N)CCCOc1cccc(S(C)(=O)=O)c1. The highest BCUT2D eigenvalue weighted by atomic mass is 32.2. The molecule has 1 atom stereocenters. The molecule has 5 nitrogen and oxygen atoms in total. The fourth-order valence-corrected chi connectivity index (χ4v) is 2.14. The third-order valence-corrected chi connectivity index (χ3v) is 3.71. The lowest BCUT2D eigenvalue weighted by Gasteiger charge is -2.15. The van der Waals surface area contributed by atoms with E-state index in [1.165, 1.54) is 12.1 Å². The first-order chi connectivity index (χ1) is 8.74. The van der Waals surface area contributed by atoms with E-state index in [1.54, 1.807) is 19.1 Å². The van der Waals surface area contributed by atoms with Crippen molar-refractivity contribution in [3.8, 4) is 11.8 Å². The Labute approximate surface area is 113 Å². The number of nitrogens with two attached hydrogens (primary N) is 1. The molecule has 0 saturated carbocycles. The van der Waals surface area contributed by atoms with Crippen LogP contribution in [0.4, 0.5) is 0 Å². The molecule has 1 aromatic carbocycles. The highest BCUT2D eigenvalue weighted by Gasteiger charge is 2.16. The van der Waals surface area contributed by atoms with Gasteiger partial charge in [0.1, 0.15) is 11.3 Å². The van der Waals surface area contributed by atoms with E-state index in [2.05, 4.69) is 0 Å². The average molecular weight is 282 g/mol. The molecular weight excluding hydrogens is 264 g/mol. The molecule has 19 heavy (non-hydrogen) atoms. The first-order valence-corrected chi connectivity index (χ1v) is 7.77. The second-order valence-corrected chi connectivity index (χ2v) is 6.74. The van der Waals surface area contributed by atoms with Gasteiger partial charge in [-0.1, -0.05) is 6.07 Å². The lowest BCUT2D eigenvalue weighted by molar-refractivity contribution is 0.295. The maximum Gasteiger partial charge on any atom is 0.175 e. The van der Waals surface area contributed by atoms with Crippen molar-refractivity contribution in [1.82, 2.24) is 0 Å². The largest absolute Gasteiger partial charge is 0.494 e. The molecule has 0 aliphatic carbocycles. The van der Waals surface area contributed by atoms with Crippen LogP contribution in [0.1, 0.15) is 19.8 Å². The zero-order valence-corrected chi connectivity index (χ0v) is 11.9. The summed E-state index contributed by atoms with van der Waals surface area (Å²) in [5.41, 5.74) is 4.83. The molecule has 6 heteroatoms. The Morgan fingerprint density at radius 3 is 2.74 bits per heavy atom. The zero-order valence-electron chi connectivity index (χ0n) is 11.1. The first kappa shape index (κ1) is 15.5. The van der Waals surface area contributed by atoms with Crippen molar-refractivity contribution < 1.29 is 13.2 Å². The minimum absolute atomic E-state index is 0.227. The molecular formula is C13H18N2O3S. The summed E-state index contributed by atoms with van der Waals surface area (Å²) >= 11 is 0. The van der Waals surface area contributed by atoms with Crippen molar-refractivity contribution in [1.29, 1.82) is 5.26 Å². The molecule has 0 fully saturated rings. The zero-order chi connectivity index (χ0) is 14.5. The maximum absolute atomic E-state index is 11.4. The van der Waals surface area contributed by atoms with Crippen molar-refractivity contribution in [2.24, 2.45) is 5.73 Å². The molecule has 0 radical (unpaired) electrons. The highest BCUT2D eigenvalue weighted by Crippen LogP contribution is 2.18. The number of ether oxygens (including phenoxy) is 1. The molecule has 0 amide bonds. The quantitative estimate of drug-likeness (QED) is 0.798. The molecule has 0 heterocycles. The van der Waals surface area contributed by atoms with E-state index < -0.39 is 15.4 Å². The molecule has 0 aromatic heterocycles. The summed E-state index contributed by atoms with van der Waals surface area (Å²) in [6.07, 6.45) is 2.30. The molecule has 104 valence electrons. The Morgan fingerprint density at radius 1 is 1.47 bits per heavy atom. The van der Waals surface area contributed by atoms with E-state index in [9.17, 15) is 8.42 Å². The number of sulfone groups is 1. The van der Waals surface area contributed by atoms with Gasteiger partial charge in [-0.05, 0) is 38.0 Å². The molecule has 1 aromatic rings. The second-order valence-electron chi connectivity index (χ2n) is 4.73. The number of nitrogens with zero attached hydrogens (tertiary/aromatic N) is 1. The van der Waals surface area contributed by atoms with E-state index in [0.29, 0.717) is 25.2 Å². The van der Waals surface area contributed by atoms with Crippen LogP contribution >= 0.6 is 0 Å². The van der Waals surface area contributed by atoms with Gasteiger partial charge >= 0.3 is 0 Å². The number of nitriles is 1. The third kappa shape index (κ3) is 5.28. The normalized spacial score (nSPS) is 14.4. The van der Waals surface area contributed by atoms with Crippen molar-refractivity contribution >= 4 is 9.84 Å². The topological polar surface area (TPSA) is 93.2 Å². The lowest BCUT2D eigenvalue weighted by atomic mass is 10.00. The number of hydrogen-bond donors (Lipinski definition) is 1. The third-order valence-electron chi connectivity index (χ3n) is 2.60. The molecule has 1 rings (SSSR count). The van der Waals surface area contributed by atoms with Crippen LogP contribution in [0.2, 0.25) is 0 Å². The van der Waals surface area contributed by atoms with Gasteiger partial charge in [-0.15, -0.1) is 0 Å². The smallest absolute Gasteiger partial charge is 0.175 e. The minimum Gasteiger partial charge on any atom is -0.494 e. The van der Waals surface area contributed by atoms with E-state index in [1.807, 2.05) is 6.07 Å². The number of rotatable bonds is 6. The van der Waals surface area contributed by atoms with Gasteiger partial charge < -0.3 is 10.5 Å². The fourth-order valence-electron chi connectivity index (χ4n) is 1.48.